The van der Waals surface area contributed by atoms with Gasteiger partial charge < -0.3 is 19.7 Å². The van der Waals surface area contributed by atoms with Crippen molar-refractivity contribution in [2.75, 3.05) is 0 Å². The van der Waals surface area contributed by atoms with E-state index in [9.17, 15) is 24.6 Å². The van der Waals surface area contributed by atoms with E-state index in [1.165, 1.54) is 19.1 Å². The van der Waals surface area contributed by atoms with E-state index < -0.39 is 75.6 Å². The van der Waals surface area contributed by atoms with Crippen molar-refractivity contribution in [2.24, 2.45) is 28.6 Å². The quantitative estimate of drug-likeness (QED) is 0.548. The molecule has 0 heterocycles. The normalized spacial score (nSPS) is 46.7. The van der Waals surface area contributed by atoms with Crippen LogP contribution in [0.1, 0.15) is 60.8 Å². The molecule has 0 radical (unpaired) electrons. The van der Waals surface area contributed by atoms with Crippen molar-refractivity contribution in [3.8, 4) is 0 Å². The number of hydrogen-bond donors (Lipinski definition) is 2. The molecule has 0 spiro atoms. The summed E-state index contributed by atoms with van der Waals surface area (Å²) < 4.78 is 43.6. The Morgan fingerprint density at radius 2 is 1.80 bits per heavy atom. The lowest BCUT2D eigenvalue weighted by molar-refractivity contribution is -0.232. The van der Waals surface area contributed by atoms with E-state index in [0.717, 1.165) is 6.08 Å². The molecule has 3 fully saturated rings. The summed E-state index contributed by atoms with van der Waals surface area (Å²) in [6.07, 6.45) is -1.38. The van der Waals surface area contributed by atoms with Gasteiger partial charge in [0.25, 0.3) is 0 Å². The van der Waals surface area contributed by atoms with Crippen LogP contribution in [0.2, 0.25) is 0 Å². The van der Waals surface area contributed by atoms with Crippen molar-refractivity contribution < 1.29 is 42.9 Å². The molecule has 2 N–H and O–H groups in total. The third-order valence-electron chi connectivity index (χ3n) is 9.12. The molecule has 4 aliphatic rings. The number of aliphatic hydroxyl groups is 1. The minimum atomic E-state index is -2.34. The molecule has 0 aromatic heterocycles. The first-order chi connectivity index (χ1) is 15.9. The largest absolute Gasteiger partial charge is 0.509 e. The molecule has 194 valence electrons. The van der Waals surface area contributed by atoms with Gasteiger partial charge in [-0.25, -0.2) is 18.4 Å². The van der Waals surface area contributed by atoms with Gasteiger partial charge in [-0.1, -0.05) is 19.9 Å². The third-order valence-corrected chi connectivity index (χ3v) is 9.12. The molecular weight excluding hydrogens is 462 g/mol. The molecule has 35 heavy (non-hydrogen) atoms. The second-order valence-electron chi connectivity index (χ2n) is 12.1. The molecule has 0 amide bonds. The van der Waals surface area contributed by atoms with Gasteiger partial charge in [-0.15, -0.1) is 0 Å². The van der Waals surface area contributed by atoms with Gasteiger partial charge in [0.15, 0.2) is 11.5 Å². The van der Waals surface area contributed by atoms with Crippen LogP contribution in [0.3, 0.4) is 0 Å². The Balaban J connectivity index is 1.82. The fraction of sp³-hybridized carbons (Fsp3) is 0.731. The molecule has 7 nitrogen and oxygen atoms in total. The lowest BCUT2D eigenvalue weighted by atomic mass is 9.44. The second-order valence-corrected chi connectivity index (χ2v) is 12.1. The highest BCUT2D eigenvalue weighted by Crippen LogP contribution is 2.71. The number of aliphatic carboxylic acids is 1. The van der Waals surface area contributed by atoms with Crippen molar-refractivity contribution in [3.63, 3.8) is 0 Å². The number of carboxylic acids is 1. The predicted molar refractivity (Wildman–Crippen MR) is 121 cm³/mol. The number of fused-ring (bicyclic) bond motifs is 5. The highest BCUT2D eigenvalue weighted by molar-refractivity contribution is 6.01. The van der Waals surface area contributed by atoms with Crippen molar-refractivity contribution in [1.29, 1.82) is 0 Å². The van der Waals surface area contributed by atoms with Crippen LogP contribution in [0.4, 0.5) is 13.6 Å². The average molecular weight is 497 g/mol. The number of ether oxygens (including phenoxy) is 2. The first-order valence-electron chi connectivity index (χ1n) is 12.1. The number of carboxylic acid groups (broad SMARTS) is 1. The Hall–Kier alpha value is -2.29. The number of rotatable bonds is 2. The molecule has 9 heteroatoms. The Bertz CT molecular complexity index is 1030. The number of halogens is 2. The second kappa shape index (κ2) is 7.60. The van der Waals surface area contributed by atoms with E-state index in [2.05, 4.69) is 0 Å². The molecule has 4 rings (SSSR count). The molecule has 0 aliphatic heterocycles. The maximum atomic E-state index is 17.2. The molecule has 9 atom stereocenters. The van der Waals surface area contributed by atoms with Gasteiger partial charge in [0, 0.05) is 22.7 Å². The van der Waals surface area contributed by atoms with Crippen molar-refractivity contribution >= 4 is 17.9 Å². The van der Waals surface area contributed by atoms with Crippen molar-refractivity contribution in [2.45, 2.75) is 90.0 Å². The first kappa shape index (κ1) is 25.8. The van der Waals surface area contributed by atoms with E-state index in [-0.39, 0.29) is 24.8 Å². The van der Waals surface area contributed by atoms with Crippen LogP contribution < -0.4 is 0 Å². The number of carbonyl (C=O) groups is 3. The maximum Gasteiger partial charge on any atom is 0.509 e. The monoisotopic (exact) mass is 496 g/mol. The zero-order valence-electron chi connectivity index (χ0n) is 20.9. The minimum absolute atomic E-state index is 0.00745. The number of aliphatic hydroxyl groups excluding tert-OH is 1. The topological polar surface area (TPSA) is 110 Å². The molecule has 0 saturated heterocycles. The van der Waals surface area contributed by atoms with E-state index in [1.807, 2.05) is 0 Å². The SMILES string of the molecule is C[C@@H]1C[C@H]2[C@@H]3C[C@H](F)C4=CC(=O)C=C[C@]4(C)C3(F)[C@@H](O)C[C@]2(C)[C@]1(OC(=O)OC(C)(C)C)C(=O)O. The number of alkyl halides is 2. The molecule has 1 unspecified atom stereocenters. The molecule has 0 aromatic carbocycles. The summed E-state index contributed by atoms with van der Waals surface area (Å²) in [7, 11) is 0. The standard InChI is InChI=1S/C26H34F2O7/c1-13-9-15-16-11-18(27)17-10-14(29)7-8-23(17,5)25(16,28)19(30)12-24(15,6)26(13,20(31)32)35-21(33)34-22(2,3)4/h7-8,10,13,15-16,18-19,30H,9,11-12H2,1-6H3,(H,31,32)/t13-,15+,16+,18+,19+,23+,24+,25?,26-/m1/s1. The summed E-state index contributed by atoms with van der Waals surface area (Å²) in [4.78, 5) is 37.4. The summed E-state index contributed by atoms with van der Waals surface area (Å²) >= 11 is 0. The minimum Gasteiger partial charge on any atom is -0.478 e. The molecule has 0 aromatic rings. The molecular formula is C26H34F2O7. The first-order valence-corrected chi connectivity index (χ1v) is 12.1. The van der Waals surface area contributed by atoms with Gasteiger partial charge in [-0.2, -0.15) is 0 Å². The Morgan fingerprint density at radius 1 is 1.17 bits per heavy atom. The van der Waals surface area contributed by atoms with E-state index in [1.54, 1.807) is 34.6 Å². The molecule has 4 aliphatic carbocycles. The zero-order valence-corrected chi connectivity index (χ0v) is 20.9. The molecule has 3 saturated carbocycles. The highest BCUT2D eigenvalue weighted by Gasteiger charge is 2.78. The lowest BCUT2D eigenvalue weighted by Crippen LogP contribution is -2.71. The smallest absolute Gasteiger partial charge is 0.478 e. The van der Waals surface area contributed by atoms with E-state index >= 15 is 8.78 Å². The van der Waals surface area contributed by atoms with Gasteiger partial charge in [0.05, 0.1) is 6.10 Å². The fourth-order valence-corrected chi connectivity index (χ4v) is 7.64. The third kappa shape index (κ3) is 3.26. The predicted octanol–water partition coefficient (Wildman–Crippen LogP) is 4.33. The summed E-state index contributed by atoms with van der Waals surface area (Å²) in [5.41, 5.74) is -8.38. The van der Waals surface area contributed by atoms with Crippen LogP contribution in [0.25, 0.3) is 0 Å². The van der Waals surface area contributed by atoms with Crippen molar-refractivity contribution in [3.05, 3.63) is 23.8 Å². The number of allylic oxidation sites excluding steroid dienone is 4. The Labute approximate surface area is 203 Å². The summed E-state index contributed by atoms with van der Waals surface area (Å²) in [6.45, 7) is 9.50. The van der Waals surface area contributed by atoms with Crippen LogP contribution in [0.15, 0.2) is 23.8 Å². The summed E-state index contributed by atoms with van der Waals surface area (Å²) in [6, 6.07) is 0. The van der Waals surface area contributed by atoms with Crippen LogP contribution in [-0.2, 0) is 19.1 Å². The summed E-state index contributed by atoms with van der Waals surface area (Å²) in [5, 5.41) is 21.8. The van der Waals surface area contributed by atoms with Crippen LogP contribution in [-0.4, -0.2) is 57.3 Å². The Morgan fingerprint density at radius 3 is 2.37 bits per heavy atom. The lowest BCUT2D eigenvalue weighted by Gasteiger charge is -2.62. The molecule has 0 bridgehead atoms. The van der Waals surface area contributed by atoms with E-state index in [0.29, 0.717) is 0 Å². The van der Waals surface area contributed by atoms with Gasteiger partial charge >= 0.3 is 12.1 Å². The number of ketones is 1. The van der Waals surface area contributed by atoms with Gasteiger partial charge in [-0.05, 0) is 70.6 Å². The number of carbonyl (C=O) groups excluding carboxylic acids is 2. The average Bonchev–Trinajstić information content (AvgIpc) is 2.92. The number of hydrogen-bond acceptors (Lipinski definition) is 6. The van der Waals surface area contributed by atoms with Crippen molar-refractivity contribution in [1.82, 2.24) is 0 Å². The van der Waals surface area contributed by atoms with Gasteiger partial charge in [0.1, 0.15) is 11.8 Å². The highest BCUT2D eigenvalue weighted by atomic mass is 19.1. The van der Waals surface area contributed by atoms with Crippen LogP contribution in [0, 0.1) is 28.6 Å². The van der Waals surface area contributed by atoms with Crippen LogP contribution >= 0.6 is 0 Å². The summed E-state index contributed by atoms with van der Waals surface area (Å²) in [5.74, 6) is -4.41. The fourth-order valence-electron chi connectivity index (χ4n) is 7.64. The maximum absolute atomic E-state index is 17.2. The van der Waals surface area contributed by atoms with Gasteiger partial charge in [0.2, 0.25) is 5.60 Å². The van der Waals surface area contributed by atoms with Crippen LogP contribution in [0.5, 0.6) is 0 Å². The Kier molecular flexibility index (Phi) is 5.60. The van der Waals surface area contributed by atoms with Gasteiger partial charge in [-0.3, -0.25) is 4.79 Å². The zero-order chi connectivity index (χ0) is 26.4. The van der Waals surface area contributed by atoms with E-state index in [4.69, 9.17) is 9.47 Å².